The summed E-state index contributed by atoms with van der Waals surface area (Å²) in [5, 5.41) is 19.6. The minimum Gasteiger partial charge on any atom is -1.00 e. The number of fused-ring (bicyclic) bond motifs is 7. The van der Waals surface area contributed by atoms with E-state index < -0.39 is 0 Å². The summed E-state index contributed by atoms with van der Waals surface area (Å²) in [5.74, 6) is 2.01. The minimum absolute atomic E-state index is 0. The Morgan fingerprint density at radius 2 is 1.38 bits per heavy atom. The maximum absolute atomic E-state index is 13.4. The zero-order valence-electron chi connectivity index (χ0n) is 34.6. The van der Waals surface area contributed by atoms with E-state index in [0.29, 0.717) is 47.6 Å². The van der Waals surface area contributed by atoms with E-state index in [4.69, 9.17) is 9.47 Å². The van der Waals surface area contributed by atoms with Gasteiger partial charge in [0.05, 0.1) is 6.61 Å². The van der Waals surface area contributed by atoms with Crippen molar-refractivity contribution in [3.05, 3.63) is 72.3 Å². The van der Waals surface area contributed by atoms with Crippen molar-refractivity contribution in [3.63, 3.8) is 0 Å². The van der Waals surface area contributed by atoms with Gasteiger partial charge >= 0.3 is 11.9 Å². The number of hydrogen-bond acceptors (Lipinski definition) is 6. The summed E-state index contributed by atoms with van der Waals surface area (Å²) in [6.45, 7) is 19.8. The van der Waals surface area contributed by atoms with Crippen LogP contribution in [0.25, 0.3) is 0 Å². The monoisotopic (exact) mass is 812 g/mol. The quantitative estimate of drug-likeness (QED) is 0.212. The normalized spacial score (nSPS) is 36.6. The maximum atomic E-state index is 13.4. The van der Waals surface area contributed by atoms with Crippen LogP contribution in [0, 0.1) is 56.7 Å². The number of carbonyl (C=O) groups excluding carboxylic acids is 2. The van der Waals surface area contributed by atoms with Gasteiger partial charge in [-0.25, -0.2) is 9.59 Å². The average Bonchev–Trinajstić information content (AvgIpc) is 3.53. The highest BCUT2D eigenvalue weighted by atomic mass is 35.5. The van der Waals surface area contributed by atoms with E-state index in [-0.39, 0.29) is 96.2 Å². The highest BCUT2D eigenvalue weighted by Gasteiger charge is 2.71. The number of aliphatic hydroxyl groups excluding tert-OH is 2. The average molecular weight is 814 g/mol. The van der Waals surface area contributed by atoms with Crippen molar-refractivity contribution in [2.45, 2.75) is 138 Å². The van der Waals surface area contributed by atoms with Crippen LogP contribution in [0.4, 0.5) is 0 Å². The van der Waals surface area contributed by atoms with Crippen molar-refractivity contribution in [1.29, 1.82) is 0 Å². The predicted octanol–water partition coefficient (Wildman–Crippen LogP) is 1.07. The molecule has 8 nitrogen and oxygen atoms in total. The van der Waals surface area contributed by atoms with E-state index in [1.54, 1.807) is 9.13 Å². The third kappa shape index (κ3) is 7.25. The Balaban J connectivity index is 0.00000300. The molecular weight excluding hydrogens is 747 g/mol. The van der Waals surface area contributed by atoms with Crippen LogP contribution in [0.1, 0.15) is 117 Å². The first kappa shape index (κ1) is 44.6. The summed E-state index contributed by atoms with van der Waals surface area (Å²) in [7, 11) is 0. The molecule has 4 unspecified atom stereocenters. The number of esters is 2. The lowest BCUT2D eigenvalue weighted by Crippen LogP contribution is -3.00. The van der Waals surface area contributed by atoms with Gasteiger partial charge in [-0.1, -0.05) is 58.9 Å². The van der Waals surface area contributed by atoms with E-state index in [9.17, 15) is 19.8 Å². The number of aliphatic hydroxyl groups is 2. The molecule has 56 heavy (non-hydrogen) atoms. The van der Waals surface area contributed by atoms with Gasteiger partial charge in [-0.15, -0.1) is 0 Å². The van der Waals surface area contributed by atoms with Crippen molar-refractivity contribution in [3.8, 4) is 0 Å². The number of pyridine rings is 2. The molecule has 5 saturated carbocycles. The van der Waals surface area contributed by atoms with Crippen molar-refractivity contribution >= 4 is 11.9 Å². The minimum atomic E-state index is -0.235. The second-order valence-corrected chi connectivity index (χ2v) is 19.5. The summed E-state index contributed by atoms with van der Waals surface area (Å²) in [6.07, 6.45) is 14.6. The number of carbonyl (C=O) groups is 2. The number of ether oxygens (including phenoxy) is 2. The molecule has 7 rings (SSSR count). The molecule has 2 heterocycles. The predicted molar refractivity (Wildman–Crippen MR) is 205 cm³/mol. The Bertz CT molecular complexity index is 1770. The topological polar surface area (TPSA) is 101 Å². The van der Waals surface area contributed by atoms with Gasteiger partial charge in [-0.3, -0.25) is 0 Å². The van der Waals surface area contributed by atoms with Gasteiger partial charge in [0.25, 0.3) is 0 Å². The van der Waals surface area contributed by atoms with Gasteiger partial charge in [0, 0.05) is 35.1 Å². The summed E-state index contributed by atoms with van der Waals surface area (Å²) >= 11 is 0. The fourth-order valence-corrected chi connectivity index (χ4v) is 14.1. The zero-order chi connectivity index (χ0) is 38.7. The van der Waals surface area contributed by atoms with Crippen LogP contribution in [0.3, 0.4) is 0 Å². The SMILES string of the molecule is C=C(C)[C@@H]1CC[C@]2(COC(=O)C[n+]3ccccc3CO)CC[C@]3(C)C(CCC4[C@@]5(C)CC[C@H](OC(=O)C[n+]6ccccc6CO)C(C)(C)C5CC[C@]43C)C12.[Cl-].[Cl-]. The molecule has 0 radical (unpaired) electrons. The molecule has 0 aliphatic heterocycles. The van der Waals surface area contributed by atoms with Crippen LogP contribution in [0.5, 0.6) is 0 Å². The number of hydrogen-bond donors (Lipinski definition) is 2. The molecule has 10 atom stereocenters. The number of nitrogens with zero attached hydrogens (tertiary/aromatic N) is 2. The number of aromatic nitrogens is 2. The lowest BCUT2D eigenvalue weighted by Gasteiger charge is -2.73. The molecule has 2 aromatic heterocycles. The van der Waals surface area contributed by atoms with Crippen LogP contribution < -0.4 is 33.9 Å². The molecule has 0 amide bonds. The van der Waals surface area contributed by atoms with Gasteiger partial charge in [-0.2, -0.15) is 9.13 Å². The second kappa shape index (κ2) is 16.6. The Morgan fingerprint density at radius 1 is 0.750 bits per heavy atom. The lowest BCUT2D eigenvalue weighted by atomic mass is 9.32. The van der Waals surface area contributed by atoms with Crippen LogP contribution in [-0.2, 0) is 45.4 Å². The summed E-state index contributed by atoms with van der Waals surface area (Å²) in [4.78, 5) is 26.7. The molecule has 2 N–H and O–H groups in total. The van der Waals surface area contributed by atoms with Gasteiger partial charge < -0.3 is 44.5 Å². The van der Waals surface area contributed by atoms with E-state index >= 15 is 0 Å². The Kier molecular flexibility index (Phi) is 13.2. The van der Waals surface area contributed by atoms with E-state index in [2.05, 4.69) is 48.1 Å². The van der Waals surface area contributed by atoms with Gasteiger partial charge in [-0.05, 0) is 117 Å². The lowest BCUT2D eigenvalue weighted by molar-refractivity contribution is -0.695. The van der Waals surface area contributed by atoms with E-state index in [0.717, 1.165) is 44.9 Å². The van der Waals surface area contributed by atoms with Crippen molar-refractivity contribution < 1.29 is 63.2 Å². The first-order valence-corrected chi connectivity index (χ1v) is 20.8. The number of allylic oxidation sites excluding steroid dienone is 1. The second-order valence-electron chi connectivity index (χ2n) is 19.5. The summed E-state index contributed by atoms with van der Waals surface area (Å²) in [6, 6.07) is 11.2. The molecule has 5 fully saturated rings. The Morgan fingerprint density at radius 3 is 1.98 bits per heavy atom. The Hall–Kier alpha value is -2.52. The fraction of sp³-hybridized carbons (Fsp3) is 0.696. The van der Waals surface area contributed by atoms with Crippen molar-refractivity contribution in [2.24, 2.45) is 56.7 Å². The largest absolute Gasteiger partial charge is 1.00 e. The number of rotatable bonds is 10. The molecule has 0 bridgehead atoms. The summed E-state index contributed by atoms with van der Waals surface area (Å²) < 4.78 is 16.2. The molecule has 0 saturated heterocycles. The van der Waals surface area contributed by atoms with Gasteiger partial charge in [0.15, 0.2) is 12.4 Å². The smallest absolute Gasteiger partial charge is 0.372 e. The third-order valence-electron chi connectivity index (χ3n) is 17.0. The van der Waals surface area contributed by atoms with Crippen LogP contribution in [0.15, 0.2) is 60.9 Å². The standard InChI is InChI=1S/C46H66N2O6.2ClH/c1-31(2)34-16-21-46(30-53-39(51)26-47-24-10-8-12-32(47)28-49)23-22-44(6)35(41(34)46)14-15-37-43(5)19-18-38(42(3,4)36(43)17-20-45(37,44)7)54-40(52)27-48-25-11-9-13-33(48)29-50;;/h8-13,24-25,34-38,41,49-50H,1,14-23,26-30H2,2-7H3;2*1H/q+2;;/p-2/t34-,35?,36?,37?,38-,41?,43-,44+,45+,46+;;/m0../s1. The summed E-state index contributed by atoms with van der Waals surface area (Å²) in [5.41, 5.74) is 3.00. The van der Waals surface area contributed by atoms with E-state index in [1.165, 1.54) is 24.8 Å². The molecular formula is C46H66Cl2N2O6. The van der Waals surface area contributed by atoms with E-state index in [1.807, 2.05) is 48.8 Å². The van der Waals surface area contributed by atoms with Crippen molar-refractivity contribution in [1.82, 2.24) is 0 Å². The van der Waals surface area contributed by atoms with Gasteiger partial charge in [0.2, 0.25) is 24.5 Å². The molecule has 5 aliphatic carbocycles. The zero-order valence-corrected chi connectivity index (χ0v) is 36.1. The fourth-order valence-electron chi connectivity index (χ4n) is 14.1. The van der Waals surface area contributed by atoms with Gasteiger partial charge in [0.1, 0.15) is 19.3 Å². The molecule has 0 aromatic carbocycles. The molecule has 0 spiro atoms. The third-order valence-corrected chi connectivity index (χ3v) is 17.0. The highest BCUT2D eigenvalue weighted by molar-refractivity contribution is 5.68. The number of halogens is 2. The molecule has 10 heteroatoms. The first-order valence-electron chi connectivity index (χ1n) is 20.8. The van der Waals surface area contributed by atoms with Crippen LogP contribution in [0.2, 0.25) is 0 Å². The highest BCUT2D eigenvalue weighted by Crippen LogP contribution is 2.77. The molecule has 2 aromatic rings. The first-order chi connectivity index (χ1) is 25.6. The molecule has 5 aliphatic rings. The van der Waals surface area contributed by atoms with Crippen molar-refractivity contribution in [2.75, 3.05) is 6.61 Å². The van der Waals surface area contributed by atoms with Crippen LogP contribution in [-0.4, -0.2) is 34.9 Å². The van der Waals surface area contributed by atoms with Crippen LogP contribution >= 0.6 is 0 Å². The molecule has 310 valence electrons. The Labute approximate surface area is 347 Å². The maximum Gasteiger partial charge on any atom is 0.372 e.